The highest BCUT2D eigenvalue weighted by atomic mass is 16.5. The van der Waals surface area contributed by atoms with Crippen LogP contribution in [0.4, 0.5) is 0 Å². The maximum atomic E-state index is 12.8. The average Bonchev–Trinajstić information content (AvgIpc) is 2.55. The molecule has 2 fully saturated rings. The monoisotopic (exact) mass is 310 g/mol. The molecule has 0 spiro atoms. The van der Waals surface area contributed by atoms with Crippen LogP contribution in [0.25, 0.3) is 0 Å². The summed E-state index contributed by atoms with van der Waals surface area (Å²) in [6, 6.07) is 0.396. The lowest BCUT2D eigenvalue weighted by Crippen LogP contribution is -2.46. The second-order valence-corrected chi connectivity index (χ2v) is 7.28. The highest BCUT2D eigenvalue weighted by molar-refractivity contribution is 5.76. The van der Waals surface area contributed by atoms with Gasteiger partial charge in [-0.3, -0.25) is 4.79 Å². The van der Waals surface area contributed by atoms with E-state index in [2.05, 4.69) is 23.9 Å². The molecule has 0 unspecified atom stereocenters. The topological polar surface area (TPSA) is 32.8 Å². The fourth-order valence-electron chi connectivity index (χ4n) is 3.76. The highest BCUT2D eigenvalue weighted by Crippen LogP contribution is 2.28. The van der Waals surface area contributed by atoms with Crippen molar-refractivity contribution in [3.63, 3.8) is 0 Å². The van der Waals surface area contributed by atoms with E-state index in [0.717, 1.165) is 57.9 Å². The zero-order valence-corrected chi connectivity index (χ0v) is 14.6. The molecule has 1 aliphatic carbocycles. The van der Waals surface area contributed by atoms with E-state index >= 15 is 0 Å². The van der Waals surface area contributed by atoms with Crippen molar-refractivity contribution in [2.45, 2.75) is 63.8 Å². The highest BCUT2D eigenvalue weighted by Gasteiger charge is 2.26. The molecule has 128 valence electrons. The van der Waals surface area contributed by atoms with E-state index in [1.54, 1.807) is 0 Å². The Labute approximate surface area is 136 Å². The van der Waals surface area contributed by atoms with Gasteiger partial charge in [0, 0.05) is 38.8 Å². The molecule has 4 heteroatoms. The van der Waals surface area contributed by atoms with E-state index in [-0.39, 0.29) is 0 Å². The van der Waals surface area contributed by atoms with E-state index in [0.29, 0.717) is 11.9 Å². The molecule has 1 amide bonds. The van der Waals surface area contributed by atoms with Crippen molar-refractivity contribution in [3.05, 3.63) is 0 Å². The van der Waals surface area contributed by atoms with Crippen LogP contribution in [-0.2, 0) is 9.53 Å². The van der Waals surface area contributed by atoms with Gasteiger partial charge in [-0.2, -0.15) is 0 Å². The van der Waals surface area contributed by atoms with Gasteiger partial charge in [0.15, 0.2) is 0 Å². The van der Waals surface area contributed by atoms with Gasteiger partial charge in [-0.1, -0.05) is 32.1 Å². The summed E-state index contributed by atoms with van der Waals surface area (Å²) in [4.78, 5) is 17.1. The normalized spacial score (nSPS) is 21.2. The molecule has 1 saturated heterocycles. The summed E-state index contributed by atoms with van der Waals surface area (Å²) in [5, 5.41) is 0. The number of carbonyl (C=O) groups excluding carboxylic acids is 1. The molecule has 2 rings (SSSR count). The fraction of sp³-hybridized carbons (Fsp3) is 0.944. The maximum absolute atomic E-state index is 12.8. The maximum Gasteiger partial charge on any atom is 0.222 e. The molecule has 0 aromatic heterocycles. The Balaban J connectivity index is 1.83. The molecule has 0 N–H and O–H groups in total. The van der Waals surface area contributed by atoms with Gasteiger partial charge < -0.3 is 14.5 Å². The zero-order chi connectivity index (χ0) is 15.8. The van der Waals surface area contributed by atoms with Crippen LogP contribution in [0.2, 0.25) is 0 Å². The smallest absolute Gasteiger partial charge is 0.222 e. The molecule has 0 aromatic rings. The Bertz CT molecular complexity index is 321. The van der Waals surface area contributed by atoms with Crippen LogP contribution in [0, 0.1) is 5.92 Å². The van der Waals surface area contributed by atoms with Crippen molar-refractivity contribution in [1.82, 2.24) is 9.80 Å². The molecule has 2 aliphatic rings. The Morgan fingerprint density at radius 1 is 1.00 bits per heavy atom. The quantitative estimate of drug-likeness (QED) is 0.725. The van der Waals surface area contributed by atoms with Gasteiger partial charge >= 0.3 is 0 Å². The molecular weight excluding hydrogens is 276 g/mol. The summed E-state index contributed by atoms with van der Waals surface area (Å²) >= 11 is 0. The van der Waals surface area contributed by atoms with Crippen molar-refractivity contribution in [2.24, 2.45) is 5.92 Å². The third kappa shape index (κ3) is 5.88. The Hall–Kier alpha value is -0.610. The predicted molar refractivity (Wildman–Crippen MR) is 89.9 cm³/mol. The number of amides is 1. The van der Waals surface area contributed by atoms with E-state index in [1.807, 2.05) is 0 Å². The second kappa shape index (κ2) is 9.51. The van der Waals surface area contributed by atoms with Gasteiger partial charge in [0.25, 0.3) is 0 Å². The fourth-order valence-corrected chi connectivity index (χ4v) is 3.76. The van der Waals surface area contributed by atoms with Gasteiger partial charge in [0.05, 0.1) is 0 Å². The minimum absolute atomic E-state index is 0.374. The first-order valence-corrected chi connectivity index (χ1v) is 9.18. The van der Waals surface area contributed by atoms with Crippen molar-refractivity contribution >= 4 is 5.91 Å². The largest absolute Gasteiger partial charge is 0.381 e. The number of carbonyl (C=O) groups is 1. The Morgan fingerprint density at radius 2 is 1.68 bits per heavy atom. The van der Waals surface area contributed by atoms with Gasteiger partial charge in [0.2, 0.25) is 5.91 Å². The van der Waals surface area contributed by atoms with Crippen molar-refractivity contribution in [3.8, 4) is 0 Å². The van der Waals surface area contributed by atoms with Gasteiger partial charge in [-0.15, -0.1) is 0 Å². The first-order valence-electron chi connectivity index (χ1n) is 9.18. The van der Waals surface area contributed by atoms with Crippen LogP contribution < -0.4 is 0 Å². The van der Waals surface area contributed by atoms with E-state index in [4.69, 9.17) is 4.74 Å². The lowest BCUT2D eigenvalue weighted by molar-refractivity contribution is -0.136. The Kier molecular flexibility index (Phi) is 7.67. The standard InChI is InChI=1S/C18H34N2O2/c1-19(2)12-13-20(17-10-14-22-15-11-17)18(21)9-8-16-6-4-3-5-7-16/h16-17H,3-15H2,1-2H3. The molecule has 0 radical (unpaired) electrons. The van der Waals surface area contributed by atoms with Gasteiger partial charge in [-0.05, 0) is 39.3 Å². The lowest BCUT2D eigenvalue weighted by atomic mass is 9.86. The molecule has 0 aromatic carbocycles. The van der Waals surface area contributed by atoms with E-state index in [9.17, 15) is 4.79 Å². The minimum atomic E-state index is 0.374. The average molecular weight is 310 g/mol. The summed E-state index contributed by atoms with van der Waals surface area (Å²) in [5.74, 6) is 1.17. The number of hydrogen-bond acceptors (Lipinski definition) is 3. The molecule has 1 saturated carbocycles. The summed E-state index contributed by atoms with van der Waals surface area (Å²) < 4.78 is 5.46. The SMILES string of the molecule is CN(C)CCN(C(=O)CCC1CCCCC1)C1CCOCC1. The van der Waals surface area contributed by atoms with E-state index in [1.165, 1.54) is 32.1 Å². The van der Waals surface area contributed by atoms with Crippen LogP contribution in [0.5, 0.6) is 0 Å². The first-order chi connectivity index (χ1) is 10.7. The number of ether oxygens (including phenoxy) is 1. The van der Waals surface area contributed by atoms with Crippen molar-refractivity contribution in [1.29, 1.82) is 0 Å². The second-order valence-electron chi connectivity index (χ2n) is 7.28. The van der Waals surface area contributed by atoms with Gasteiger partial charge in [0.1, 0.15) is 0 Å². The number of likely N-dealkylation sites (N-methyl/N-ethyl adjacent to an activating group) is 1. The molecule has 1 aliphatic heterocycles. The lowest BCUT2D eigenvalue weighted by Gasteiger charge is -2.35. The third-order valence-corrected chi connectivity index (χ3v) is 5.23. The van der Waals surface area contributed by atoms with Gasteiger partial charge in [-0.25, -0.2) is 0 Å². The Morgan fingerprint density at radius 3 is 2.32 bits per heavy atom. The summed E-state index contributed by atoms with van der Waals surface area (Å²) in [6.07, 6.45) is 10.6. The van der Waals surface area contributed by atoms with Crippen LogP contribution in [-0.4, -0.2) is 62.1 Å². The van der Waals surface area contributed by atoms with Crippen LogP contribution >= 0.6 is 0 Å². The molecular formula is C18H34N2O2. The molecule has 1 heterocycles. The minimum Gasteiger partial charge on any atom is -0.381 e. The molecule has 4 nitrogen and oxygen atoms in total. The molecule has 22 heavy (non-hydrogen) atoms. The van der Waals surface area contributed by atoms with Crippen molar-refractivity contribution < 1.29 is 9.53 Å². The first kappa shape index (κ1) is 17.7. The van der Waals surface area contributed by atoms with Crippen LogP contribution in [0.1, 0.15) is 57.8 Å². The van der Waals surface area contributed by atoms with E-state index < -0.39 is 0 Å². The van der Waals surface area contributed by atoms with Crippen LogP contribution in [0.15, 0.2) is 0 Å². The van der Waals surface area contributed by atoms with Crippen LogP contribution in [0.3, 0.4) is 0 Å². The third-order valence-electron chi connectivity index (χ3n) is 5.23. The number of nitrogens with zero attached hydrogens (tertiary/aromatic N) is 2. The summed E-state index contributed by atoms with van der Waals surface area (Å²) in [6.45, 7) is 3.42. The molecule has 0 atom stereocenters. The predicted octanol–water partition coefficient (Wildman–Crippen LogP) is 2.92. The zero-order valence-electron chi connectivity index (χ0n) is 14.6. The summed E-state index contributed by atoms with van der Waals surface area (Å²) in [5.41, 5.74) is 0. The van der Waals surface area contributed by atoms with Crippen molar-refractivity contribution in [2.75, 3.05) is 40.4 Å². The number of rotatable bonds is 7. The summed E-state index contributed by atoms with van der Waals surface area (Å²) in [7, 11) is 4.16. The molecule has 0 bridgehead atoms. The number of hydrogen-bond donors (Lipinski definition) is 0.